The molecule has 0 aliphatic heterocycles. The second kappa shape index (κ2) is 8.18. The van der Waals surface area contributed by atoms with Crippen molar-refractivity contribution in [2.75, 3.05) is 13.7 Å². The third-order valence-corrected chi connectivity index (χ3v) is 4.59. The molecule has 5 heteroatoms. The van der Waals surface area contributed by atoms with Gasteiger partial charge in [-0.25, -0.2) is 4.98 Å². The molecule has 2 aliphatic rings. The van der Waals surface area contributed by atoms with Crippen LogP contribution in [0.2, 0.25) is 0 Å². The third-order valence-electron chi connectivity index (χ3n) is 4.59. The highest BCUT2D eigenvalue weighted by molar-refractivity contribution is 5.79. The molecule has 2 N–H and O–H groups in total. The van der Waals surface area contributed by atoms with Gasteiger partial charge in [-0.05, 0) is 43.2 Å². The van der Waals surface area contributed by atoms with Crippen LogP contribution in [0.1, 0.15) is 50.5 Å². The molecule has 0 amide bonds. The normalized spacial score (nSPS) is 19.4. The molecule has 1 aromatic rings. The van der Waals surface area contributed by atoms with Gasteiger partial charge in [-0.15, -0.1) is 0 Å². The summed E-state index contributed by atoms with van der Waals surface area (Å²) >= 11 is 0. The molecule has 2 saturated carbocycles. The fourth-order valence-corrected chi connectivity index (χ4v) is 2.95. The molecule has 0 bridgehead atoms. The number of nitrogens with zero attached hydrogens (tertiary/aromatic N) is 2. The first-order valence-corrected chi connectivity index (χ1v) is 8.88. The minimum absolute atomic E-state index is 0.560. The Morgan fingerprint density at radius 2 is 2.09 bits per heavy atom. The zero-order valence-electron chi connectivity index (χ0n) is 14.1. The number of aliphatic imine (C=N–C) groups is 1. The molecule has 2 fully saturated rings. The van der Waals surface area contributed by atoms with Crippen molar-refractivity contribution < 1.29 is 4.74 Å². The molecule has 1 heterocycles. The molecular formula is C18H28N4O. The molecule has 5 nitrogen and oxygen atoms in total. The quantitative estimate of drug-likeness (QED) is 0.626. The van der Waals surface area contributed by atoms with Crippen LogP contribution in [0.15, 0.2) is 23.3 Å². The van der Waals surface area contributed by atoms with E-state index in [2.05, 4.69) is 20.6 Å². The van der Waals surface area contributed by atoms with Gasteiger partial charge in [-0.1, -0.05) is 19.3 Å². The fourth-order valence-electron chi connectivity index (χ4n) is 2.95. The predicted molar refractivity (Wildman–Crippen MR) is 92.7 cm³/mol. The van der Waals surface area contributed by atoms with Gasteiger partial charge < -0.3 is 15.4 Å². The van der Waals surface area contributed by atoms with Crippen LogP contribution in [-0.2, 0) is 6.54 Å². The Morgan fingerprint density at radius 1 is 1.26 bits per heavy atom. The van der Waals surface area contributed by atoms with Gasteiger partial charge in [0.05, 0.1) is 6.61 Å². The number of ether oxygens (including phenoxy) is 1. The van der Waals surface area contributed by atoms with E-state index in [1.165, 1.54) is 44.9 Å². The molecule has 0 spiro atoms. The minimum Gasteiger partial charge on any atom is -0.477 e. The summed E-state index contributed by atoms with van der Waals surface area (Å²) in [5, 5.41) is 6.92. The van der Waals surface area contributed by atoms with Crippen molar-refractivity contribution in [3.8, 4) is 5.88 Å². The van der Waals surface area contributed by atoms with Crippen LogP contribution in [0, 0.1) is 5.92 Å². The average Bonchev–Trinajstić information content (AvgIpc) is 3.42. The number of nitrogens with one attached hydrogen (secondary N) is 2. The van der Waals surface area contributed by atoms with Crippen LogP contribution in [0.3, 0.4) is 0 Å². The van der Waals surface area contributed by atoms with E-state index >= 15 is 0 Å². The van der Waals surface area contributed by atoms with Gasteiger partial charge >= 0.3 is 0 Å². The van der Waals surface area contributed by atoms with Crippen molar-refractivity contribution in [3.05, 3.63) is 23.9 Å². The molecule has 0 radical (unpaired) electrons. The van der Waals surface area contributed by atoms with Crippen LogP contribution in [0.4, 0.5) is 0 Å². The molecular weight excluding hydrogens is 288 g/mol. The summed E-state index contributed by atoms with van der Waals surface area (Å²) in [6.45, 7) is 1.53. The first kappa shape index (κ1) is 16.1. The van der Waals surface area contributed by atoms with Gasteiger partial charge in [0.2, 0.25) is 5.88 Å². The highest BCUT2D eigenvalue weighted by atomic mass is 16.5. The summed E-state index contributed by atoms with van der Waals surface area (Å²) in [7, 11) is 1.83. The fraction of sp³-hybridized carbons (Fsp3) is 0.667. The second-order valence-electron chi connectivity index (χ2n) is 6.66. The van der Waals surface area contributed by atoms with Gasteiger partial charge in [0.15, 0.2) is 5.96 Å². The Morgan fingerprint density at radius 3 is 2.83 bits per heavy atom. The Balaban J connectivity index is 1.46. The van der Waals surface area contributed by atoms with Crippen molar-refractivity contribution in [1.82, 2.24) is 15.6 Å². The molecule has 23 heavy (non-hydrogen) atoms. The largest absolute Gasteiger partial charge is 0.477 e. The van der Waals surface area contributed by atoms with E-state index in [0.717, 1.165) is 36.5 Å². The number of hydrogen-bond donors (Lipinski definition) is 2. The lowest BCUT2D eigenvalue weighted by Gasteiger charge is -2.24. The number of aromatic nitrogens is 1. The summed E-state index contributed by atoms with van der Waals surface area (Å²) in [4.78, 5) is 8.62. The number of rotatable bonds is 6. The maximum absolute atomic E-state index is 5.74. The van der Waals surface area contributed by atoms with Crippen LogP contribution in [0.5, 0.6) is 5.88 Å². The Hall–Kier alpha value is -1.78. The number of hydrogen-bond acceptors (Lipinski definition) is 3. The van der Waals surface area contributed by atoms with Gasteiger partial charge in [0.1, 0.15) is 0 Å². The van der Waals surface area contributed by atoms with E-state index < -0.39 is 0 Å². The van der Waals surface area contributed by atoms with E-state index in [1.807, 2.05) is 25.4 Å². The average molecular weight is 316 g/mol. The first-order valence-electron chi connectivity index (χ1n) is 8.88. The molecule has 2 aliphatic carbocycles. The molecule has 126 valence electrons. The van der Waals surface area contributed by atoms with Crippen LogP contribution < -0.4 is 15.4 Å². The maximum Gasteiger partial charge on any atom is 0.213 e. The van der Waals surface area contributed by atoms with E-state index in [-0.39, 0.29) is 0 Å². The second-order valence-corrected chi connectivity index (χ2v) is 6.66. The topological polar surface area (TPSA) is 58.5 Å². The Labute approximate surface area is 138 Å². The SMILES string of the molecule is CN=C(NCc1ccnc(OCC2CC2)c1)NC1CCCCC1. The number of guanidine groups is 1. The first-order chi connectivity index (χ1) is 11.3. The third kappa shape index (κ3) is 5.41. The zero-order chi connectivity index (χ0) is 15.9. The van der Waals surface area contributed by atoms with Crippen LogP contribution in [0.25, 0.3) is 0 Å². The van der Waals surface area contributed by atoms with Crippen molar-refractivity contribution >= 4 is 5.96 Å². The molecule has 0 aromatic carbocycles. The maximum atomic E-state index is 5.74. The highest BCUT2D eigenvalue weighted by Crippen LogP contribution is 2.29. The molecule has 3 rings (SSSR count). The monoisotopic (exact) mass is 316 g/mol. The van der Waals surface area contributed by atoms with Crippen molar-refractivity contribution in [3.63, 3.8) is 0 Å². The Bertz CT molecular complexity index is 522. The molecule has 0 unspecified atom stereocenters. The predicted octanol–water partition coefficient (Wildman–Crippen LogP) is 2.87. The van der Waals surface area contributed by atoms with E-state index in [1.54, 1.807) is 0 Å². The van der Waals surface area contributed by atoms with Crippen LogP contribution >= 0.6 is 0 Å². The van der Waals surface area contributed by atoms with Crippen LogP contribution in [-0.4, -0.2) is 30.6 Å². The minimum atomic E-state index is 0.560. The zero-order valence-corrected chi connectivity index (χ0v) is 14.1. The van der Waals surface area contributed by atoms with Gasteiger partial charge in [-0.2, -0.15) is 0 Å². The van der Waals surface area contributed by atoms with E-state index in [0.29, 0.717) is 6.04 Å². The Kier molecular flexibility index (Phi) is 5.72. The number of pyridine rings is 1. The smallest absolute Gasteiger partial charge is 0.213 e. The summed E-state index contributed by atoms with van der Waals surface area (Å²) in [5.74, 6) is 2.36. The van der Waals surface area contributed by atoms with Gasteiger partial charge in [0.25, 0.3) is 0 Å². The van der Waals surface area contributed by atoms with Crippen molar-refractivity contribution in [2.24, 2.45) is 10.9 Å². The molecule has 0 saturated heterocycles. The summed E-state index contributed by atoms with van der Waals surface area (Å²) in [6.07, 6.45) is 10.9. The van der Waals surface area contributed by atoms with Crippen molar-refractivity contribution in [1.29, 1.82) is 0 Å². The van der Waals surface area contributed by atoms with Gasteiger partial charge in [-0.3, -0.25) is 4.99 Å². The van der Waals surface area contributed by atoms with E-state index in [4.69, 9.17) is 4.74 Å². The summed E-state index contributed by atoms with van der Waals surface area (Å²) in [5.41, 5.74) is 1.16. The lowest BCUT2D eigenvalue weighted by molar-refractivity contribution is 0.288. The standard InChI is InChI=1S/C18H28N4O/c1-19-18(22-16-5-3-2-4-6-16)21-12-15-9-10-20-17(11-15)23-13-14-7-8-14/h9-11,14,16H,2-8,12-13H2,1H3,(H2,19,21,22). The molecule has 0 atom stereocenters. The van der Waals surface area contributed by atoms with E-state index in [9.17, 15) is 0 Å². The molecule has 1 aromatic heterocycles. The van der Waals surface area contributed by atoms with Gasteiger partial charge in [0, 0.05) is 31.9 Å². The lowest BCUT2D eigenvalue weighted by atomic mass is 9.96. The van der Waals surface area contributed by atoms with Crippen molar-refractivity contribution in [2.45, 2.75) is 57.5 Å². The summed E-state index contributed by atoms with van der Waals surface area (Å²) in [6, 6.07) is 4.60. The highest BCUT2D eigenvalue weighted by Gasteiger charge is 2.22. The summed E-state index contributed by atoms with van der Waals surface area (Å²) < 4.78 is 5.74. The lowest BCUT2D eigenvalue weighted by Crippen LogP contribution is -2.43.